The molecule has 0 spiro atoms. The van der Waals surface area contributed by atoms with Gasteiger partial charge < -0.3 is 9.64 Å². The second-order valence-corrected chi connectivity index (χ2v) is 5.57. The fourth-order valence-electron chi connectivity index (χ4n) is 2.41. The SMILES string of the molecule is O=C(c1ccc(OC(F)F)cc1)N(Cc1ccccc1[N+](=O)[O-])CC(F)(F)F. The minimum atomic E-state index is -4.75. The van der Waals surface area contributed by atoms with E-state index >= 15 is 0 Å². The van der Waals surface area contributed by atoms with Crippen LogP contribution < -0.4 is 4.74 Å². The minimum absolute atomic E-state index is 0.0808. The lowest BCUT2D eigenvalue weighted by molar-refractivity contribution is -0.385. The first-order valence-electron chi connectivity index (χ1n) is 7.70. The molecule has 0 saturated heterocycles. The normalized spacial score (nSPS) is 11.4. The third-order valence-corrected chi connectivity index (χ3v) is 3.53. The molecule has 0 N–H and O–H groups in total. The summed E-state index contributed by atoms with van der Waals surface area (Å²) in [5.41, 5.74) is -0.727. The smallest absolute Gasteiger partial charge is 0.406 e. The van der Waals surface area contributed by atoms with Crippen molar-refractivity contribution >= 4 is 11.6 Å². The third-order valence-electron chi connectivity index (χ3n) is 3.53. The van der Waals surface area contributed by atoms with Crippen molar-refractivity contribution < 1.29 is 36.4 Å². The minimum Gasteiger partial charge on any atom is -0.435 e. The molecule has 0 aromatic heterocycles. The van der Waals surface area contributed by atoms with Crippen molar-refractivity contribution in [2.75, 3.05) is 6.54 Å². The molecule has 0 unspecified atom stereocenters. The monoisotopic (exact) mass is 404 g/mol. The molecule has 2 aromatic rings. The molecule has 0 bridgehead atoms. The molecule has 0 saturated carbocycles. The summed E-state index contributed by atoms with van der Waals surface area (Å²) < 4.78 is 67.2. The van der Waals surface area contributed by atoms with Crippen LogP contribution in [0.15, 0.2) is 48.5 Å². The fraction of sp³-hybridized carbons (Fsp3) is 0.235. The predicted molar refractivity (Wildman–Crippen MR) is 87.0 cm³/mol. The number of ether oxygens (including phenoxy) is 1. The van der Waals surface area contributed by atoms with E-state index in [2.05, 4.69) is 4.74 Å². The Morgan fingerprint density at radius 3 is 2.25 bits per heavy atom. The average molecular weight is 404 g/mol. The Kier molecular flexibility index (Phi) is 6.49. The van der Waals surface area contributed by atoms with Gasteiger partial charge in [-0.25, -0.2) is 0 Å². The molecule has 28 heavy (non-hydrogen) atoms. The van der Waals surface area contributed by atoms with Gasteiger partial charge in [0.25, 0.3) is 11.6 Å². The van der Waals surface area contributed by atoms with Crippen LogP contribution in [0.25, 0.3) is 0 Å². The Hall–Kier alpha value is -3.24. The van der Waals surface area contributed by atoms with Crippen LogP contribution in [0, 0.1) is 10.1 Å². The van der Waals surface area contributed by atoms with Gasteiger partial charge in [-0.1, -0.05) is 18.2 Å². The molecular weight excluding hydrogens is 391 g/mol. The maximum absolute atomic E-state index is 12.9. The first-order chi connectivity index (χ1) is 13.1. The molecule has 0 atom stereocenters. The van der Waals surface area contributed by atoms with Crippen molar-refractivity contribution in [2.45, 2.75) is 19.3 Å². The van der Waals surface area contributed by atoms with Crippen LogP contribution in [-0.2, 0) is 6.54 Å². The number of carbonyl (C=O) groups excluding carboxylic acids is 1. The number of amides is 1. The third kappa shape index (κ3) is 5.89. The van der Waals surface area contributed by atoms with Gasteiger partial charge in [-0.15, -0.1) is 0 Å². The van der Waals surface area contributed by atoms with Crippen LogP contribution in [0.1, 0.15) is 15.9 Å². The van der Waals surface area contributed by atoms with Crippen molar-refractivity contribution in [3.63, 3.8) is 0 Å². The Morgan fingerprint density at radius 1 is 1.11 bits per heavy atom. The molecule has 0 heterocycles. The van der Waals surface area contributed by atoms with Crippen molar-refractivity contribution in [2.24, 2.45) is 0 Å². The van der Waals surface area contributed by atoms with Gasteiger partial charge in [0.15, 0.2) is 0 Å². The van der Waals surface area contributed by atoms with Gasteiger partial charge in [-0.3, -0.25) is 14.9 Å². The van der Waals surface area contributed by atoms with E-state index in [0.29, 0.717) is 4.90 Å². The summed E-state index contributed by atoms with van der Waals surface area (Å²) in [5.74, 6) is -1.34. The van der Waals surface area contributed by atoms with E-state index in [1.807, 2.05) is 0 Å². The van der Waals surface area contributed by atoms with Crippen LogP contribution in [0.2, 0.25) is 0 Å². The molecule has 2 rings (SSSR count). The van der Waals surface area contributed by atoms with Crippen LogP contribution in [-0.4, -0.2) is 35.1 Å². The lowest BCUT2D eigenvalue weighted by Crippen LogP contribution is -2.38. The number of nitro groups is 1. The number of hydrogen-bond donors (Lipinski definition) is 0. The molecule has 150 valence electrons. The highest BCUT2D eigenvalue weighted by Gasteiger charge is 2.34. The lowest BCUT2D eigenvalue weighted by Gasteiger charge is -2.24. The maximum Gasteiger partial charge on any atom is 0.406 e. The molecule has 11 heteroatoms. The van der Waals surface area contributed by atoms with Gasteiger partial charge in [0, 0.05) is 17.2 Å². The molecule has 2 aromatic carbocycles. The molecule has 0 radical (unpaired) electrons. The molecule has 6 nitrogen and oxygen atoms in total. The fourth-order valence-corrected chi connectivity index (χ4v) is 2.41. The van der Waals surface area contributed by atoms with E-state index in [-0.39, 0.29) is 16.9 Å². The Morgan fingerprint density at radius 2 is 1.71 bits per heavy atom. The van der Waals surface area contributed by atoms with Crippen molar-refractivity contribution in [3.05, 3.63) is 69.8 Å². The van der Waals surface area contributed by atoms with Crippen molar-refractivity contribution in [1.29, 1.82) is 0 Å². The van der Waals surface area contributed by atoms with E-state index in [0.717, 1.165) is 30.3 Å². The number of halogens is 5. The number of rotatable bonds is 7. The van der Waals surface area contributed by atoms with Gasteiger partial charge in [0.2, 0.25) is 0 Å². The summed E-state index contributed by atoms with van der Waals surface area (Å²) >= 11 is 0. The molecule has 0 aliphatic rings. The highest BCUT2D eigenvalue weighted by Crippen LogP contribution is 2.25. The summed E-state index contributed by atoms with van der Waals surface area (Å²) in [4.78, 5) is 23.2. The Balaban J connectivity index is 2.30. The molecule has 0 aliphatic heterocycles. The second-order valence-electron chi connectivity index (χ2n) is 5.57. The number of carbonyl (C=O) groups is 1. The maximum atomic E-state index is 12.9. The number of nitrogens with zero attached hydrogens (tertiary/aromatic N) is 2. The van der Waals surface area contributed by atoms with Crippen LogP contribution in [0.4, 0.5) is 27.6 Å². The molecular formula is C17H13F5N2O4. The number of nitro benzene ring substituents is 1. The molecule has 0 fully saturated rings. The van der Waals surface area contributed by atoms with Gasteiger partial charge in [0.1, 0.15) is 12.3 Å². The summed E-state index contributed by atoms with van der Waals surface area (Å²) in [5, 5.41) is 11.1. The standard InChI is InChI=1S/C17H13F5N2O4/c18-16(19)28-13-7-5-11(6-8-13)15(25)23(10-17(20,21)22)9-12-3-1-2-4-14(12)24(26)27/h1-8,16H,9-10H2. The number of para-hydroxylation sites is 1. The van der Waals surface area contributed by atoms with Crippen LogP contribution in [0.3, 0.4) is 0 Å². The van der Waals surface area contributed by atoms with E-state index in [4.69, 9.17) is 0 Å². The Labute approximate surface area is 155 Å². The van der Waals surface area contributed by atoms with Crippen LogP contribution >= 0.6 is 0 Å². The lowest BCUT2D eigenvalue weighted by atomic mass is 10.1. The highest BCUT2D eigenvalue weighted by atomic mass is 19.4. The first-order valence-corrected chi connectivity index (χ1v) is 7.70. The highest BCUT2D eigenvalue weighted by molar-refractivity contribution is 5.94. The number of hydrogen-bond acceptors (Lipinski definition) is 4. The largest absolute Gasteiger partial charge is 0.435 e. The summed E-state index contributed by atoms with van der Waals surface area (Å²) in [6.07, 6.45) is -4.75. The summed E-state index contributed by atoms with van der Waals surface area (Å²) in [7, 11) is 0. The van der Waals surface area contributed by atoms with Gasteiger partial charge >= 0.3 is 12.8 Å². The zero-order valence-electron chi connectivity index (χ0n) is 14.0. The van der Waals surface area contributed by atoms with E-state index in [1.165, 1.54) is 18.2 Å². The Bertz CT molecular complexity index is 840. The second kappa shape index (κ2) is 8.63. The first kappa shape index (κ1) is 21.1. The summed E-state index contributed by atoms with van der Waals surface area (Å²) in [6.45, 7) is -5.40. The van der Waals surface area contributed by atoms with E-state index < -0.39 is 42.4 Å². The zero-order chi connectivity index (χ0) is 20.9. The van der Waals surface area contributed by atoms with Crippen molar-refractivity contribution in [1.82, 2.24) is 4.90 Å². The zero-order valence-corrected chi connectivity index (χ0v) is 14.0. The number of alkyl halides is 5. The quantitative estimate of drug-likeness (QED) is 0.390. The van der Waals surface area contributed by atoms with Gasteiger partial charge in [-0.05, 0) is 24.3 Å². The average Bonchev–Trinajstić information content (AvgIpc) is 2.60. The van der Waals surface area contributed by atoms with Gasteiger partial charge in [0.05, 0.1) is 11.5 Å². The predicted octanol–water partition coefficient (Wildman–Crippen LogP) is 4.40. The molecule has 0 aliphatic carbocycles. The van der Waals surface area contributed by atoms with Crippen molar-refractivity contribution in [3.8, 4) is 5.75 Å². The molecule has 1 amide bonds. The van der Waals surface area contributed by atoms with Crippen LogP contribution in [0.5, 0.6) is 5.75 Å². The van der Waals surface area contributed by atoms with E-state index in [9.17, 15) is 36.9 Å². The number of benzene rings is 2. The van der Waals surface area contributed by atoms with Gasteiger partial charge in [-0.2, -0.15) is 22.0 Å². The summed E-state index contributed by atoms with van der Waals surface area (Å²) in [6, 6.07) is 9.18. The topological polar surface area (TPSA) is 72.7 Å². The van der Waals surface area contributed by atoms with E-state index in [1.54, 1.807) is 0 Å².